The molecule has 0 bridgehead atoms. The molecule has 16 heavy (non-hydrogen) atoms. The van der Waals surface area contributed by atoms with Crippen molar-refractivity contribution in [1.82, 2.24) is 15.0 Å². The molecular weight excluding hydrogens is 204 g/mol. The van der Waals surface area contributed by atoms with E-state index in [-0.39, 0.29) is 12.0 Å². The van der Waals surface area contributed by atoms with Crippen LogP contribution in [0.5, 0.6) is 0 Å². The van der Waals surface area contributed by atoms with Gasteiger partial charge in [-0.2, -0.15) is 0 Å². The summed E-state index contributed by atoms with van der Waals surface area (Å²) in [5.74, 6) is -0.306. The lowest BCUT2D eigenvalue weighted by Crippen LogP contribution is -2.18. The standard InChI is InChI=1S/C11H20N4O/c1-5-8(6-2)15-10(7(3)4)9(11(12)16)13-14-15/h7-8H,5-6H2,1-4H3,(H2,12,16). The van der Waals surface area contributed by atoms with Gasteiger partial charge in [-0.05, 0) is 18.8 Å². The maximum atomic E-state index is 11.2. The number of amides is 1. The molecule has 0 aliphatic heterocycles. The molecule has 0 radical (unpaired) electrons. The Morgan fingerprint density at radius 2 is 1.94 bits per heavy atom. The molecule has 0 aliphatic carbocycles. The molecule has 1 aromatic rings. The van der Waals surface area contributed by atoms with Crippen LogP contribution in [0.2, 0.25) is 0 Å². The first-order valence-electron chi connectivity index (χ1n) is 5.77. The first-order valence-corrected chi connectivity index (χ1v) is 5.77. The minimum atomic E-state index is -0.499. The van der Waals surface area contributed by atoms with Crippen molar-refractivity contribution in [2.75, 3.05) is 0 Å². The van der Waals surface area contributed by atoms with Gasteiger partial charge in [0, 0.05) is 0 Å². The molecule has 0 spiro atoms. The largest absolute Gasteiger partial charge is 0.364 e. The summed E-state index contributed by atoms with van der Waals surface area (Å²) < 4.78 is 1.85. The predicted octanol–water partition coefficient (Wildman–Crippen LogP) is 1.86. The fourth-order valence-electron chi connectivity index (χ4n) is 1.92. The number of aromatic nitrogens is 3. The molecule has 0 saturated carbocycles. The van der Waals surface area contributed by atoms with Gasteiger partial charge in [-0.3, -0.25) is 4.79 Å². The van der Waals surface area contributed by atoms with Crippen molar-refractivity contribution in [3.63, 3.8) is 0 Å². The number of carbonyl (C=O) groups excluding carboxylic acids is 1. The fraction of sp³-hybridized carbons (Fsp3) is 0.727. The molecule has 0 aliphatic rings. The Hall–Kier alpha value is -1.39. The number of primary amides is 1. The number of nitrogens with two attached hydrogens (primary N) is 1. The number of hydrogen-bond donors (Lipinski definition) is 1. The molecular formula is C11H20N4O. The highest BCUT2D eigenvalue weighted by atomic mass is 16.1. The lowest BCUT2D eigenvalue weighted by Gasteiger charge is -2.17. The smallest absolute Gasteiger partial charge is 0.271 e. The first kappa shape index (κ1) is 12.7. The topological polar surface area (TPSA) is 73.8 Å². The summed E-state index contributed by atoms with van der Waals surface area (Å²) >= 11 is 0. The van der Waals surface area contributed by atoms with E-state index in [9.17, 15) is 4.79 Å². The number of rotatable bonds is 5. The zero-order chi connectivity index (χ0) is 12.3. The molecule has 0 saturated heterocycles. The van der Waals surface area contributed by atoms with Gasteiger partial charge in [0.2, 0.25) is 0 Å². The SMILES string of the molecule is CCC(CC)n1nnc(C(N)=O)c1C(C)C. The molecule has 0 atom stereocenters. The van der Waals surface area contributed by atoms with Crippen LogP contribution in [-0.2, 0) is 0 Å². The highest BCUT2D eigenvalue weighted by Gasteiger charge is 2.23. The van der Waals surface area contributed by atoms with E-state index in [1.165, 1.54) is 0 Å². The summed E-state index contributed by atoms with van der Waals surface area (Å²) in [6, 6.07) is 0.290. The molecule has 1 aromatic heterocycles. The summed E-state index contributed by atoms with van der Waals surface area (Å²) in [6.45, 7) is 8.24. The average Bonchev–Trinajstić information content (AvgIpc) is 2.64. The summed E-state index contributed by atoms with van der Waals surface area (Å²) in [4.78, 5) is 11.2. The molecule has 5 nitrogen and oxygen atoms in total. The van der Waals surface area contributed by atoms with Crippen molar-refractivity contribution in [3.8, 4) is 0 Å². The molecule has 2 N–H and O–H groups in total. The van der Waals surface area contributed by atoms with Crippen molar-refractivity contribution >= 4 is 5.91 Å². The van der Waals surface area contributed by atoms with E-state index in [4.69, 9.17) is 5.73 Å². The summed E-state index contributed by atoms with van der Waals surface area (Å²) in [6.07, 6.45) is 1.94. The zero-order valence-corrected chi connectivity index (χ0v) is 10.4. The lowest BCUT2D eigenvalue weighted by molar-refractivity contribution is 0.0994. The minimum Gasteiger partial charge on any atom is -0.364 e. The second-order valence-electron chi connectivity index (χ2n) is 4.26. The van der Waals surface area contributed by atoms with Crippen LogP contribution in [0, 0.1) is 0 Å². The van der Waals surface area contributed by atoms with Gasteiger partial charge in [-0.25, -0.2) is 4.68 Å². The summed E-state index contributed by atoms with van der Waals surface area (Å²) in [5.41, 5.74) is 6.45. The van der Waals surface area contributed by atoms with Crippen molar-refractivity contribution in [2.45, 2.75) is 52.5 Å². The van der Waals surface area contributed by atoms with Gasteiger partial charge in [0.05, 0.1) is 11.7 Å². The maximum absolute atomic E-state index is 11.2. The Morgan fingerprint density at radius 3 is 2.31 bits per heavy atom. The van der Waals surface area contributed by atoms with E-state index < -0.39 is 5.91 Å². The van der Waals surface area contributed by atoms with E-state index in [1.807, 2.05) is 18.5 Å². The molecule has 1 amide bonds. The Kier molecular flexibility index (Phi) is 4.04. The lowest BCUT2D eigenvalue weighted by atomic mass is 10.1. The maximum Gasteiger partial charge on any atom is 0.271 e. The monoisotopic (exact) mass is 224 g/mol. The van der Waals surface area contributed by atoms with Crippen LogP contribution >= 0.6 is 0 Å². The number of carbonyl (C=O) groups is 1. The van der Waals surface area contributed by atoms with Gasteiger partial charge < -0.3 is 5.73 Å². The average molecular weight is 224 g/mol. The Bertz CT molecular complexity index is 366. The van der Waals surface area contributed by atoms with E-state index >= 15 is 0 Å². The third-order valence-electron chi connectivity index (χ3n) is 2.80. The van der Waals surface area contributed by atoms with Crippen LogP contribution in [-0.4, -0.2) is 20.9 Å². The molecule has 0 unspecified atom stereocenters. The van der Waals surface area contributed by atoms with Gasteiger partial charge in [0.15, 0.2) is 5.69 Å². The van der Waals surface area contributed by atoms with Crippen LogP contribution in [0.3, 0.4) is 0 Å². The molecule has 0 aromatic carbocycles. The van der Waals surface area contributed by atoms with E-state index in [1.54, 1.807) is 0 Å². The third-order valence-corrected chi connectivity index (χ3v) is 2.80. The molecule has 90 valence electrons. The minimum absolute atomic E-state index is 0.193. The third kappa shape index (κ3) is 2.23. The van der Waals surface area contributed by atoms with E-state index in [0.29, 0.717) is 5.69 Å². The van der Waals surface area contributed by atoms with Crippen molar-refractivity contribution in [1.29, 1.82) is 0 Å². The van der Waals surface area contributed by atoms with Gasteiger partial charge >= 0.3 is 0 Å². The normalized spacial score (nSPS) is 11.4. The van der Waals surface area contributed by atoms with Crippen LogP contribution in [0.25, 0.3) is 0 Å². The second-order valence-corrected chi connectivity index (χ2v) is 4.26. The highest BCUT2D eigenvalue weighted by Crippen LogP contribution is 2.24. The first-order chi connectivity index (χ1) is 7.52. The van der Waals surface area contributed by atoms with Crippen LogP contribution in [0.1, 0.15) is 68.7 Å². The Balaban J connectivity index is 3.24. The highest BCUT2D eigenvalue weighted by molar-refractivity contribution is 5.91. The van der Waals surface area contributed by atoms with Gasteiger partial charge in [-0.15, -0.1) is 5.10 Å². The summed E-state index contributed by atoms with van der Waals surface area (Å²) in [7, 11) is 0. The predicted molar refractivity (Wildman–Crippen MR) is 62.2 cm³/mol. The molecule has 1 rings (SSSR count). The van der Waals surface area contributed by atoms with Gasteiger partial charge in [0.25, 0.3) is 5.91 Å². The van der Waals surface area contributed by atoms with E-state index in [2.05, 4.69) is 24.2 Å². The van der Waals surface area contributed by atoms with Crippen molar-refractivity contribution in [2.24, 2.45) is 5.73 Å². The zero-order valence-electron chi connectivity index (χ0n) is 10.4. The van der Waals surface area contributed by atoms with Crippen molar-refractivity contribution in [3.05, 3.63) is 11.4 Å². The van der Waals surface area contributed by atoms with E-state index in [0.717, 1.165) is 18.5 Å². The van der Waals surface area contributed by atoms with Crippen LogP contribution < -0.4 is 5.73 Å². The van der Waals surface area contributed by atoms with Crippen LogP contribution in [0.4, 0.5) is 0 Å². The quantitative estimate of drug-likeness (QED) is 0.829. The fourth-order valence-corrected chi connectivity index (χ4v) is 1.92. The molecule has 1 heterocycles. The van der Waals surface area contributed by atoms with Gasteiger partial charge in [-0.1, -0.05) is 32.9 Å². The Labute approximate surface area is 96.0 Å². The number of hydrogen-bond acceptors (Lipinski definition) is 3. The molecule has 0 fully saturated rings. The second kappa shape index (κ2) is 5.09. The van der Waals surface area contributed by atoms with Crippen molar-refractivity contribution < 1.29 is 4.79 Å². The number of nitrogens with zero attached hydrogens (tertiary/aromatic N) is 3. The Morgan fingerprint density at radius 1 is 1.38 bits per heavy atom. The summed E-state index contributed by atoms with van der Waals surface area (Å²) in [5, 5.41) is 7.96. The molecule has 5 heteroatoms. The van der Waals surface area contributed by atoms with Gasteiger partial charge in [0.1, 0.15) is 0 Å². The van der Waals surface area contributed by atoms with Crippen LogP contribution in [0.15, 0.2) is 0 Å².